The molecule has 1 aliphatic heterocycles. The van der Waals surface area contributed by atoms with Crippen LogP contribution < -0.4 is 4.74 Å². The normalized spacial score (nSPS) is 16.7. The molecule has 0 bridgehead atoms. The molecule has 0 radical (unpaired) electrons. The van der Waals surface area contributed by atoms with Gasteiger partial charge in [0.05, 0.1) is 0 Å². The standard InChI is InChI=1S/C19H19NO5/c1-19(2,18(23)24)25-13-9-7-12(8-10-13)11-20-16(21)14-5-3-4-6-15(14)17(20)22/h3-10,16,21H,11H2,1-2H3,(H,23,24). The molecule has 3 rings (SSSR count). The van der Waals surface area contributed by atoms with Gasteiger partial charge < -0.3 is 19.8 Å². The van der Waals surface area contributed by atoms with E-state index in [9.17, 15) is 14.7 Å². The molecule has 0 saturated heterocycles. The predicted octanol–water partition coefficient (Wildman–Crippen LogP) is 2.58. The van der Waals surface area contributed by atoms with E-state index in [1.54, 1.807) is 48.5 Å². The molecule has 25 heavy (non-hydrogen) atoms. The summed E-state index contributed by atoms with van der Waals surface area (Å²) in [4.78, 5) is 24.9. The van der Waals surface area contributed by atoms with Crippen LogP contribution in [0, 0.1) is 0 Å². The molecule has 0 saturated carbocycles. The number of rotatable bonds is 5. The highest BCUT2D eigenvalue weighted by Gasteiger charge is 2.35. The first-order valence-electron chi connectivity index (χ1n) is 7.89. The molecule has 1 heterocycles. The quantitative estimate of drug-likeness (QED) is 0.873. The number of carbonyl (C=O) groups excluding carboxylic acids is 1. The van der Waals surface area contributed by atoms with Gasteiger partial charge in [0, 0.05) is 17.7 Å². The lowest BCUT2D eigenvalue weighted by molar-refractivity contribution is -0.152. The number of carbonyl (C=O) groups is 2. The number of amides is 1. The van der Waals surface area contributed by atoms with E-state index < -0.39 is 17.8 Å². The van der Waals surface area contributed by atoms with E-state index in [1.807, 2.05) is 0 Å². The molecule has 1 amide bonds. The summed E-state index contributed by atoms with van der Waals surface area (Å²) < 4.78 is 5.45. The van der Waals surface area contributed by atoms with Crippen LogP contribution in [0.25, 0.3) is 0 Å². The number of fused-ring (bicyclic) bond motifs is 1. The Bertz CT molecular complexity index is 813. The van der Waals surface area contributed by atoms with Crippen LogP contribution in [0.4, 0.5) is 0 Å². The Labute approximate surface area is 145 Å². The van der Waals surface area contributed by atoms with Gasteiger partial charge in [-0.2, -0.15) is 0 Å². The number of nitrogens with zero attached hydrogens (tertiary/aromatic N) is 1. The Hall–Kier alpha value is -2.86. The first kappa shape index (κ1) is 17.0. The number of aliphatic carboxylic acids is 1. The number of benzene rings is 2. The van der Waals surface area contributed by atoms with Crippen molar-refractivity contribution >= 4 is 11.9 Å². The van der Waals surface area contributed by atoms with Gasteiger partial charge in [0.15, 0.2) is 11.8 Å². The number of carboxylic acids is 1. The summed E-state index contributed by atoms with van der Waals surface area (Å²) >= 11 is 0. The molecule has 2 aromatic carbocycles. The van der Waals surface area contributed by atoms with Gasteiger partial charge in [-0.05, 0) is 37.6 Å². The third kappa shape index (κ3) is 3.21. The maximum Gasteiger partial charge on any atom is 0.347 e. The Morgan fingerprint density at radius 1 is 1.16 bits per heavy atom. The maximum absolute atomic E-state index is 12.4. The molecule has 0 aliphatic carbocycles. The molecule has 0 aromatic heterocycles. The zero-order valence-electron chi connectivity index (χ0n) is 14.0. The Kier molecular flexibility index (Phi) is 4.22. The lowest BCUT2D eigenvalue weighted by atomic mass is 10.1. The molecule has 0 spiro atoms. The third-order valence-electron chi connectivity index (χ3n) is 4.19. The lowest BCUT2D eigenvalue weighted by Crippen LogP contribution is -2.37. The van der Waals surface area contributed by atoms with Crippen LogP contribution >= 0.6 is 0 Å². The summed E-state index contributed by atoms with van der Waals surface area (Å²) in [7, 11) is 0. The van der Waals surface area contributed by atoms with Crippen molar-refractivity contribution in [2.45, 2.75) is 32.2 Å². The van der Waals surface area contributed by atoms with E-state index in [-0.39, 0.29) is 12.5 Å². The summed E-state index contributed by atoms with van der Waals surface area (Å²) in [5.74, 6) is -0.844. The number of aliphatic hydroxyl groups excluding tert-OH is 1. The zero-order valence-corrected chi connectivity index (χ0v) is 14.0. The van der Waals surface area contributed by atoms with Gasteiger partial charge in [0.1, 0.15) is 5.75 Å². The smallest absolute Gasteiger partial charge is 0.347 e. The van der Waals surface area contributed by atoms with Gasteiger partial charge in [0.25, 0.3) is 5.91 Å². The molecule has 2 N–H and O–H groups in total. The Balaban J connectivity index is 1.73. The fraction of sp³-hybridized carbons (Fsp3) is 0.263. The second-order valence-electron chi connectivity index (χ2n) is 6.46. The number of aliphatic hydroxyl groups is 1. The molecule has 0 fully saturated rings. The summed E-state index contributed by atoms with van der Waals surface area (Å²) in [5, 5.41) is 19.5. The van der Waals surface area contributed by atoms with Gasteiger partial charge in [-0.1, -0.05) is 30.3 Å². The number of hydrogen-bond donors (Lipinski definition) is 2. The van der Waals surface area contributed by atoms with Crippen molar-refractivity contribution in [2.24, 2.45) is 0 Å². The SMILES string of the molecule is CC(C)(Oc1ccc(CN2C(=O)c3ccccc3C2O)cc1)C(=O)O. The first-order valence-corrected chi connectivity index (χ1v) is 7.89. The van der Waals surface area contributed by atoms with E-state index >= 15 is 0 Å². The van der Waals surface area contributed by atoms with E-state index in [0.29, 0.717) is 16.9 Å². The van der Waals surface area contributed by atoms with Gasteiger partial charge in [0.2, 0.25) is 0 Å². The fourth-order valence-electron chi connectivity index (χ4n) is 2.71. The van der Waals surface area contributed by atoms with Crippen molar-refractivity contribution in [3.63, 3.8) is 0 Å². The summed E-state index contributed by atoms with van der Waals surface area (Å²) in [6.07, 6.45) is -0.967. The molecule has 6 nitrogen and oxygen atoms in total. The number of hydrogen-bond acceptors (Lipinski definition) is 4. The lowest BCUT2D eigenvalue weighted by Gasteiger charge is -2.23. The largest absolute Gasteiger partial charge is 0.478 e. The average molecular weight is 341 g/mol. The van der Waals surface area contributed by atoms with Crippen LogP contribution in [0.2, 0.25) is 0 Å². The minimum atomic E-state index is -1.33. The Morgan fingerprint density at radius 2 is 1.80 bits per heavy atom. The number of ether oxygens (including phenoxy) is 1. The van der Waals surface area contributed by atoms with Crippen molar-refractivity contribution in [3.05, 3.63) is 65.2 Å². The van der Waals surface area contributed by atoms with E-state index in [1.165, 1.54) is 18.7 Å². The van der Waals surface area contributed by atoms with Crippen LogP contribution in [-0.4, -0.2) is 32.6 Å². The van der Waals surface area contributed by atoms with Crippen molar-refractivity contribution in [1.82, 2.24) is 4.90 Å². The summed E-state index contributed by atoms with van der Waals surface area (Å²) in [6, 6.07) is 13.8. The Morgan fingerprint density at radius 3 is 2.40 bits per heavy atom. The van der Waals surface area contributed by atoms with Gasteiger partial charge >= 0.3 is 5.97 Å². The highest BCUT2D eigenvalue weighted by molar-refractivity contribution is 5.98. The minimum absolute atomic E-state index is 0.213. The van der Waals surface area contributed by atoms with Crippen LogP contribution in [0.1, 0.15) is 41.6 Å². The summed E-state index contributed by atoms with van der Waals surface area (Å²) in [6.45, 7) is 3.19. The second-order valence-corrected chi connectivity index (χ2v) is 6.46. The van der Waals surface area contributed by atoms with Crippen molar-refractivity contribution in [3.8, 4) is 5.75 Å². The van der Waals surface area contributed by atoms with E-state index in [2.05, 4.69) is 0 Å². The highest BCUT2D eigenvalue weighted by Crippen LogP contribution is 2.32. The van der Waals surface area contributed by atoms with Crippen LogP contribution in [0.5, 0.6) is 5.75 Å². The first-order chi connectivity index (χ1) is 11.8. The average Bonchev–Trinajstić information content (AvgIpc) is 2.82. The summed E-state index contributed by atoms with van der Waals surface area (Å²) in [5.41, 5.74) is 0.596. The zero-order chi connectivity index (χ0) is 18.2. The molecule has 1 atom stereocenters. The maximum atomic E-state index is 12.4. The van der Waals surface area contributed by atoms with Crippen molar-refractivity contribution in [1.29, 1.82) is 0 Å². The fourth-order valence-corrected chi connectivity index (χ4v) is 2.71. The topological polar surface area (TPSA) is 87.1 Å². The van der Waals surface area contributed by atoms with Crippen LogP contribution in [-0.2, 0) is 11.3 Å². The van der Waals surface area contributed by atoms with Crippen LogP contribution in [0.15, 0.2) is 48.5 Å². The van der Waals surface area contributed by atoms with Gasteiger partial charge in [-0.3, -0.25) is 4.79 Å². The molecule has 130 valence electrons. The molecular weight excluding hydrogens is 322 g/mol. The predicted molar refractivity (Wildman–Crippen MR) is 90.1 cm³/mol. The molecule has 1 unspecified atom stereocenters. The van der Waals surface area contributed by atoms with Gasteiger partial charge in [-0.25, -0.2) is 4.79 Å². The van der Waals surface area contributed by atoms with Crippen molar-refractivity contribution in [2.75, 3.05) is 0 Å². The molecule has 6 heteroatoms. The van der Waals surface area contributed by atoms with E-state index in [0.717, 1.165) is 5.56 Å². The third-order valence-corrected chi connectivity index (χ3v) is 4.19. The second kappa shape index (κ2) is 6.22. The van der Waals surface area contributed by atoms with E-state index in [4.69, 9.17) is 9.84 Å². The van der Waals surface area contributed by atoms with Crippen molar-refractivity contribution < 1.29 is 24.5 Å². The minimum Gasteiger partial charge on any atom is -0.478 e. The molecule has 2 aromatic rings. The van der Waals surface area contributed by atoms with Gasteiger partial charge in [-0.15, -0.1) is 0 Å². The molecule has 1 aliphatic rings. The monoisotopic (exact) mass is 341 g/mol. The van der Waals surface area contributed by atoms with Crippen LogP contribution in [0.3, 0.4) is 0 Å². The molecular formula is C19H19NO5. The highest BCUT2D eigenvalue weighted by atomic mass is 16.5. The number of carboxylic acid groups (broad SMARTS) is 1.